The van der Waals surface area contributed by atoms with Crippen molar-refractivity contribution < 1.29 is 9.53 Å². The number of benzene rings is 1. The molecule has 6 heteroatoms. The van der Waals surface area contributed by atoms with Gasteiger partial charge >= 0.3 is 6.03 Å². The average Bonchev–Trinajstić information content (AvgIpc) is 3.19. The van der Waals surface area contributed by atoms with Crippen molar-refractivity contribution in [1.82, 2.24) is 15.2 Å². The van der Waals surface area contributed by atoms with Crippen molar-refractivity contribution >= 4 is 11.7 Å². The van der Waals surface area contributed by atoms with E-state index < -0.39 is 0 Å². The number of anilines is 1. The third kappa shape index (κ3) is 4.73. The number of carbonyl (C=O) groups excluding carboxylic acids is 1. The van der Waals surface area contributed by atoms with E-state index in [2.05, 4.69) is 32.7 Å². The van der Waals surface area contributed by atoms with Crippen LogP contribution in [0.25, 0.3) is 0 Å². The molecule has 1 fully saturated rings. The van der Waals surface area contributed by atoms with Crippen LogP contribution in [0.15, 0.2) is 48.7 Å². The first-order valence-electron chi connectivity index (χ1n) is 9.19. The highest BCUT2D eigenvalue weighted by molar-refractivity contribution is 5.90. The minimum absolute atomic E-state index is 0.185. The predicted molar refractivity (Wildman–Crippen MR) is 102 cm³/mol. The summed E-state index contributed by atoms with van der Waals surface area (Å²) in [6, 6.07) is 13.8. The van der Waals surface area contributed by atoms with Crippen LogP contribution in [0, 0.1) is 0 Å². The number of nitrogens with zero attached hydrogens (tertiary/aromatic N) is 2. The van der Waals surface area contributed by atoms with E-state index in [1.54, 1.807) is 18.3 Å². The molecule has 26 heavy (non-hydrogen) atoms. The molecular formula is C20H26N4O2. The molecule has 2 aromatic rings. The maximum absolute atomic E-state index is 12.4. The Balaban J connectivity index is 1.63. The molecule has 1 atom stereocenters. The van der Waals surface area contributed by atoms with Crippen molar-refractivity contribution in [3.05, 3.63) is 54.2 Å². The van der Waals surface area contributed by atoms with Crippen molar-refractivity contribution in [2.75, 3.05) is 31.6 Å². The number of urea groups is 1. The van der Waals surface area contributed by atoms with Crippen LogP contribution >= 0.6 is 0 Å². The number of pyridine rings is 1. The van der Waals surface area contributed by atoms with Gasteiger partial charge < -0.3 is 15.4 Å². The average molecular weight is 354 g/mol. The molecule has 1 saturated heterocycles. The summed E-state index contributed by atoms with van der Waals surface area (Å²) in [6.07, 6.45) is 4.07. The van der Waals surface area contributed by atoms with Crippen molar-refractivity contribution in [3.63, 3.8) is 0 Å². The Morgan fingerprint density at radius 3 is 2.69 bits per heavy atom. The molecule has 0 spiro atoms. The topological polar surface area (TPSA) is 66.5 Å². The van der Waals surface area contributed by atoms with Crippen molar-refractivity contribution in [3.8, 4) is 5.88 Å². The van der Waals surface area contributed by atoms with Gasteiger partial charge in [-0.05, 0) is 50.6 Å². The van der Waals surface area contributed by atoms with Crippen LogP contribution in [0.1, 0.15) is 31.4 Å². The quantitative estimate of drug-likeness (QED) is 0.799. The second-order valence-corrected chi connectivity index (χ2v) is 6.29. The summed E-state index contributed by atoms with van der Waals surface area (Å²) in [6.45, 7) is 5.08. The lowest BCUT2D eigenvalue weighted by Crippen LogP contribution is -2.38. The van der Waals surface area contributed by atoms with Crippen LogP contribution in [-0.2, 0) is 0 Å². The molecular weight excluding hydrogens is 328 g/mol. The standard InChI is InChI=1S/C20H26N4O2/c1-2-26-19-17(11-8-12-21-19)23-20(25)22-15-18(24-13-6-7-14-24)16-9-4-3-5-10-16/h3-5,8-12,18H,2,6-7,13-15H2,1H3,(H2,22,23,25)/t18-/m1/s1. The zero-order valence-corrected chi connectivity index (χ0v) is 15.1. The monoisotopic (exact) mass is 354 g/mol. The zero-order chi connectivity index (χ0) is 18.2. The van der Waals surface area contributed by atoms with Gasteiger partial charge in [0.1, 0.15) is 5.69 Å². The summed E-state index contributed by atoms with van der Waals surface area (Å²) in [7, 11) is 0. The van der Waals surface area contributed by atoms with Gasteiger partial charge in [0, 0.05) is 12.7 Å². The van der Waals surface area contributed by atoms with Crippen LogP contribution in [0.2, 0.25) is 0 Å². The normalized spacial score (nSPS) is 15.4. The molecule has 3 rings (SSSR count). The van der Waals surface area contributed by atoms with Crippen molar-refractivity contribution in [2.45, 2.75) is 25.8 Å². The number of carbonyl (C=O) groups is 1. The lowest BCUT2D eigenvalue weighted by Gasteiger charge is -2.28. The fraction of sp³-hybridized carbons (Fsp3) is 0.400. The Kier molecular flexibility index (Phi) is 6.44. The summed E-state index contributed by atoms with van der Waals surface area (Å²) >= 11 is 0. The summed E-state index contributed by atoms with van der Waals surface area (Å²) in [5.74, 6) is 0.435. The molecule has 0 radical (unpaired) electrons. The molecule has 2 N–H and O–H groups in total. The maximum Gasteiger partial charge on any atom is 0.319 e. The molecule has 1 aromatic heterocycles. The molecule has 1 aliphatic rings. The molecule has 2 amide bonds. The van der Waals surface area contributed by atoms with E-state index >= 15 is 0 Å². The fourth-order valence-corrected chi connectivity index (χ4v) is 3.28. The summed E-state index contributed by atoms with van der Waals surface area (Å²) in [5.41, 5.74) is 1.80. The SMILES string of the molecule is CCOc1ncccc1NC(=O)NC[C@H](c1ccccc1)N1CCCC1. The Labute approximate surface area is 154 Å². The molecule has 138 valence electrons. The molecule has 0 unspecified atom stereocenters. The van der Waals surface area contributed by atoms with Gasteiger partial charge in [-0.15, -0.1) is 0 Å². The van der Waals surface area contributed by atoms with Gasteiger partial charge in [0.2, 0.25) is 5.88 Å². The Morgan fingerprint density at radius 1 is 1.19 bits per heavy atom. The number of hydrogen-bond acceptors (Lipinski definition) is 4. The second kappa shape index (κ2) is 9.20. The molecule has 1 aliphatic heterocycles. The smallest absolute Gasteiger partial charge is 0.319 e. The number of hydrogen-bond donors (Lipinski definition) is 2. The van der Waals surface area contributed by atoms with E-state index in [9.17, 15) is 4.79 Å². The highest BCUT2D eigenvalue weighted by atomic mass is 16.5. The molecule has 1 aromatic carbocycles. The number of rotatable bonds is 7. The van der Waals surface area contributed by atoms with Gasteiger partial charge in [-0.25, -0.2) is 9.78 Å². The van der Waals surface area contributed by atoms with Crippen molar-refractivity contribution in [2.24, 2.45) is 0 Å². The highest BCUT2D eigenvalue weighted by Gasteiger charge is 2.23. The zero-order valence-electron chi connectivity index (χ0n) is 15.1. The Morgan fingerprint density at radius 2 is 1.96 bits per heavy atom. The summed E-state index contributed by atoms with van der Waals surface area (Å²) < 4.78 is 5.45. The Hall–Kier alpha value is -2.60. The van der Waals surface area contributed by atoms with Crippen LogP contribution in [0.4, 0.5) is 10.5 Å². The highest BCUT2D eigenvalue weighted by Crippen LogP contribution is 2.25. The minimum atomic E-state index is -0.251. The number of nitrogens with one attached hydrogen (secondary N) is 2. The minimum Gasteiger partial charge on any atom is -0.476 e. The third-order valence-electron chi connectivity index (χ3n) is 4.52. The van der Waals surface area contributed by atoms with Gasteiger partial charge in [0.25, 0.3) is 0 Å². The van der Waals surface area contributed by atoms with E-state index in [1.165, 1.54) is 18.4 Å². The number of amides is 2. The number of ether oxygens (including phenoxy) is 1. The van der Waals surface area contributed by atoms with Crippen LogP contribution in [0.5, 0.6) is 5.88 Å². The lowest BCUT2D eigenvalue weighted by molar-refractivity contribution is 0.227. The molecule has 0 aliphatic carbocycles. The van der Waals surface area contributed by atoms with Gasteiger partial charge in [0.05, 0.1) is 12.6 Å². The van der Waals surface area contributed by atoms with Gasteiger partial charge in [-0.1, -0.05) is 30.3 Å². The van der Waals surface area contributed by atoms with Crippen LogP contribution < -0.4 is 15.4 Å². The predicted octanol–water partition coefficient (Wildman–Crippen LogP) is 3.44. The molecule has 6 nitrogen and oxygen atoms in total. The first kappa shape index (κ1) is 18.2. The van der Waals surface area contributed by atoms with E-state index in [0.29, 0.717) is 24.7 Å². The molecule has 0 bridgehead atoms. The van der Waals surface area contributed by atoms with Gasteiger partial charge in [-0.2, -0.15) is 0 Å². The second-order valence-electron chi connectivity index (χ2n) is 6.29. The van der Waals surface area contributed by atoms with Gasteiger partial charge in [0.15, 0.2) is 0 Å². The van der Waals surface area contributed by atoms with E-state index in [0.717, 1.165) is 13.1 Å². The van der Waals surface area contributed by atoms with Crippen molar-refractivity contribution in [1.29, 1.82) is 0 Å². The van der Waals surface area contributed by atoms with Crippen LogP contribution in [-0.4, -0.2) is 42.2 Å². The first-order chi connectivity index (χ1) is 12.8. The van der Waals surface area contributed by atoms with Crippen LogP contribution in [0.3, 0.4) is 0 Å². The summed E-state index contributed by atoms with van der Waals surface area (Å²) in [4.78, 5) is 19.0. The number of aromatic nitrogens is 1. The van der Waals surface area contributed by atoms with E-state index in [1.807, 2.05) is 25.1 Å². The van der Waals surface area contributed by atoms with E-state index in [-0.39, 0.29) is 12.1 Å². The lowest BCUT2D eigenvalue weighted by atomic mass is 10.1. The first-order valence-corrected chi connectivity index (χ1v) is 9.19. The summed E-state index contributed by atoms with van der Waals surface area (Å²) in [5, 5.41) is 5.84. The number of likely N-dealkylation sites (tertiary alicyclic amines) is 1. The Bertz CT molecular complexity index is 702. The third-order valence-corrected chi connectivity index (χ3v) is 4.52. The van der Waals surface area contributed by atoms with E-state index in [4.69, 9.17) is 4.74 Å². The maximum atomic E-state index is 12.4. The largest absolute Gasteiger partial charge is 0.476 e. The fourth-order valence-electron chi connectivity index (χ4n) is 3.28. The van der Waals surface area contributed by atoms with Gasteiger partial charge in [-0.3, -0.25) is 4.90 Å². The molecule has 2 heterocycles. The molecule has 0 saturated carbocycles.